The number of hydrogen-bond donors (Lipinski definition) is 2. The van der Waals surface area contributed by atoms with Crippen molar-refractivity contribution in [1.29, 1.82) is 0 Å². The fraction of sp³-hybridized carbons (Fsp3) is 0.857. The van der Waals surface area contributed by atoms with Gasteiger partial charge in [0.25, 0.3) is 0 Å². The van der Waals surface area contributed by atoms with Crippen molar-refractivity contribution in [2.24, 2.45) is 5.92 Å². The fourth-order valence-corrected chi connectivity index (χ4v) is 2.96. The van der Waals surface area contributed by atoms with Gasteiger partial charge in [-0.3, -0.25) is 9.69 Å². The smallest absolute Gasteiger partial charge is 0.408 e. The van der Waals surface area contributed by atoms with Crippen LogP contribution in [0.1, 0.15) is 52.9 Å². The van der Waals surface area contributed by atoms with Crippen LogP contribution in [-0.2, 0) is 4.79 Å². The highest BCUT2D eigenvalue weighted by Crippen LogP contribution is 2.32. The summed E-state index contributed by atoms with van der Waals surface area (Å²) in [6, 6.07) is -0.581. The van der Waals surface area contributed by atoms with E-state index in [1.807, 2.05) is 20.8 Å². The lowest BCUT2D eigenvalue weighted by Gasteiger charge is -2.43. The van der Waals surface area contributed by atoms with Gasteiger partial charge in [0, 0.05) is 12.6 Å². The molecule has 19 heavy (non-hydrogen) atoms. The summed E-state index contributed by atoms with van der Waals surface area (Å²) in [6.45, 7) is 5.50. The topological polar surface area (TPSA) is 69.6 Å². The van der Waals surface area contributed by atoms with Crippen LogP contribution < -0.4 is 5.32 Å². The lowest BCUT2D eigenvalue weighted by Crippen LogP contribution is -2.59. The van der Waals surface area contributed by atoms with Crippen molar-refractivity contribution in [3.8, 4) is 0 Å². The first-order chi connectivity index (χ1) is 8.79. The first-order valence-corrected chi connectivity index (χ1v) is 7.03. The summed E-state index contributed by atoms with van der Waals surface area (Å²) in [7, 11) is 1.57. The summed E-state index contributed by atoms with van der Waals surface area (Å²) in [5.74, 6) is -0.0618. The average molecular weight is 270 g/mol. The zero-order valence-corrected chi connectivity index (χ0v) is 12.4. The summed E-state index contributed by atoms with van der Waals surface area (Å²) >= 11 is 0. The monoisotopic (exact) mass is 270 g/mol. The van der Waals surface area contributed by atoms with Crippen molar-refractivity contribution in [1.82, 2.24) is 10.2 Å². The second kappa shape index (κ2) is 6.26. The molecule has 110 valence electrons. The Labute approximate surface area is 115 Å². The number of hydrogen-bond acceptors (Lipinski definition) is 2. The van der Waals surface area contributed by atoms with Gasteiger partial charge in [0.05, 0.1) is 0 Å². The lowest BCUT2D eigenvalue weighted by molar-refractivity contribution is -0.130. The van der Waals surface area contributed by atoms with Crippen LogP contribution in [-0.4, -0.2) is 40.6 Å². The van der Waals surface area contributed by atoms with Crippen molar-refractivity contribution in [2.45, 2.75) is 64.5 Å². The summed E-state index contributed by atoms with van der Waals surface area (Å²) in [5.41, 5.74) is -0.583. The molecule has 0 unspecified atom stereocenters. The Kier molecular flexibility index (Phi) is 5.20. The minimum atomic E-state index is -1.02. The molecule has 1 aliphatic carbocycles. The Morgan fingerprint density at radius 1 is 1.21 bits per heavy atom. The molecule has 2 N–H and O–H groups in total. The average Bonchev–Trinajstić information content (AvgIpc) is 2.33. The number of amides is 2. The van der Waals surface area contributed by atoms with Gasteiger partial charge in [0.15, 0.2) is 0 Å². The molecular formula is C14H26N2O3. The van der Waals surface area contributed by atoms with Crippen molar-refractivity contribution in [3.05, 3.63) is 0 Å². The maximum atomic E-state index is 12.2. The van der Waals surface area contributed by atoms with Gasteiger partial charge in [-0.1, -0.05) is 19.3 Å². The third-order valence-electron chi connectivity index (χ3n) is 3.82. The number of likely N-dealkylation sites (N-methyl/N-ethyl adjacent to an activating group) is 1. The van der Waals surface area contributed by atoms with Crippen LogP contribution in [0.2, 0.25) is 0 Å². The van der Waals surface area contributed by atoms with Crippen molar-refractivity contribution in [3.63, 3.8) is 0 Å². The molecule has 0 aromatic rings. The molecular weight excluding hydrogens is 244 g/mol. The van der Waals surface area contributed by atoms with E-state index in [9.17, 15) is 14.7 Å². The molecule has 1 atom stereocenters. The van der Waals surface area contributed by atoms with Crippen molar-refractivity contribution >= 4 is 12.0 Å². The Morgan fingerprint density at radius 3 is 2.11 bits per heavy atom. The normalized spacial score (nSPS) is 18.7. The molecule has 0 aromatic carbocycles. The van der Waals surface area contributed by atoms with E-state index in [2.05, 4.69) is 5.32 Å². The second-order valence-corrected chi connectivity index (χ2v) is 6.28. The van der Waals surface area contributed by atoms with Crippen LogP contribution >= 0.6 is 0 Å². The highest BCUT2D eigenvalue weighted by atomic mass is 16.4. The maximum Gasteiger partial charge on any atom is 0.408 e. The summed E-state index contributed by atoms with van der Waals surface area (Å²) in [6.07, 6.45) is 4.17. The van der Waals surface area contributed by atoms with E-state index in [4.69, 9.17) is 0 Å². The molecule has 1 aliphatic rings. The van der Waals surface area contributed by atoms with E-state index in [0.29, 0.717) is 0 Å². The predicted molar refractivity (Wildman–Crippen MR) is 74.0 cm³/mol. The molecule has 2 amide bonds. The van der Waals surface area contributed by atoms with E-state index >= 15 is 0 Å². The van der Waals surface area contributed by atoms with Gasteiger partial charge in [0.1, 0.15) is 6.04 Å². The Hall–Kier alpha value is -1.26. The number of carboxylic acid groups (broad SMARTS) is 1. The Balaban J connectivity index is 3.05. The van der Waals surface area contributed by atoms with Gasteiger partial charge in [-0.05, 0) is 39.5 Å². The third kappa shape index (κ3) is 3.85. The molecule has 5 heteroatoms. The first-order valence-electron chi connectivity index (χ1n) is 7.03. The molecule has 1 saturated carbocycles. The number of nitrogens with zero attached hydrogens (tertiary/aromatic N) is 1. The molecule has 0 radical (unpaired) electrons. The molecule has 5 nitrogen and oxygen atoms in total. The SMILES string of the molecule is CNC(=O)[C@H](C1CCCCC1)N(C(=O)O)C(C)(C)C. The molecule has 0 aromatic heterocycles. The standard InChI is InChI=1S/C14H26N2O3/c1-14(2,3)16(13(18)19)11(12(17)15-4)10-8-6-5-7-9-10/h10-11H,5-9H2,1-4H3,(H,15,17)(H,18,19)/t11-/m0/s1. The second-order valence-electron chi connectivity index (χ2n) is 6.28. The largest absolute Gasteiger partial charge is 0.465 e. The van der Waals surface area contributed by atoms with Crippen molar-refractivity contribution in [2.75, 3.05) is 7.05 Å². The summed E-state index contributed by atoms with van der Waals surface area (Å²) < 4.78 is 0. The zero-order chi connectivity index (χ0) is 14.6. The fourth-order valence-electron chi connectivity index (χ4n) is 2.96. The molecule has 1 fully saturated rings. The first kappa shape index (κ1) is 15.8. The number of carbonyl (C=O) groups excluding carboxylic acids is 1. The van der Waals surface area contributed by atoms with Gasteiger partial charge < -0.3 is 10.4 Å². The molecule has 0 bridgehead atoms. The quantitative estimate of drug-likeness (QED) is 0.827. The Bertz CT molecular complexity index is 330. The van der Waals surface area contributed by atoms with Gasteiger partial charge in [0.2, 0.25) is 5.91 Å². The van der Waals surface area contributed by atoms with Crippen LogP contribution in [0.25, 0.3) is 0 Å². The van der Waals surface area contributed by atoms with Crippen LogP contribution in [0.4, 0.5) is 4.79 Å². The molecule has 0 spiro atoms. The van der Waals surface area contributed by atoms with E-state index in [-0.39, 0.29) is 11.8 Å². The van der Waals surface area contributed by atoms with Crippen LogP contribution in [0.5, 0.6) is 0 Å². The van der Waals surface area contributed by atoms with Gasteiger partial charge in [-0.25, -0.2) is 4.79 Å². The number of rotatable bonds is 3. The number of carbonyl (C=O) groups is 2. The van der Waals surface area contributed by atoms with Crippen LogP contribution in [0, 0.1) is 5.92 Å². The highest BCUT2D eigenvalue weighted by molar-refractivity contribution is 5.85. The molecule has 0 saturated heterocycles. The maximum absolute atomic E-state index is 12.2. The van der Waals surface area contributed by atoms with Gasteiger partial charge in [-0.15, -0.1) is 0 Å². The van der Waals surface area contributed by atoms with Gasteiger partial charge in [-0.2, -0.15) is 0 Å². The minimum absolute atomic E-state index is 0.129. The Morgan fingerprint density at radius 2 is 1.74 bits per heavy atom. The van der Waals surface area contributed by atoms with E-state index in [1.54, 1.807) is 7.05 Å². The van der Waals surface area contributed by atoms with E-state index < -0.39 is 17.7 Å². The summed E-state index contributed by atoms with van der Waals surface area (Å²) in [4.78, 5) is 25.1. The highest BCUT2D eigenvalue weighted by Gasteiger charge is 2.41. The zero-order valence-electron chi connectivity index (χ0n) is 12.4. The van der Waals surface area contributed by atoms with Crippen LogP contribution in [0.3, 0.4) is 0 Å². The van der Waals surface area contributed by atoms with E-state index in [1.165, 1.54) is 11.3 Å². The molecule has 0 aliphatic heterocycles. The predicted octanol–water partition coefficient (Wildman–Crippen LogP) is 2.46. The lowest BCUT2D eigenvalue weighted by atomic mass is 9.81. The van der Waals surface area contributed by atoms with Gasteiger partial charge >= 0.3 is 6.09 Å². The minimum Gasteiger partial charge on any atom is -0.465 e. The van der Waals surface area contributed by atoms with Crippen molar-refractivity contribution < 1.29 is 14.7 Å². The third-order valence-corrected chi connectivity index (χ3v) is 3.82. The van der Waals surface area contributed by atoms with Crippen LogP contribution in [0.15, 0.2) is 0 Å². The molecule has 0 heterocycles. The van der Waals surface area contributed by atoms with E-state index in [0.717, 1.165) is 25.7 Å². The number of nitrogens with one attached hydrogen (secondary N) is 1. The molecule has 1 rings (SSSR count). The summed E-state index contributed by atoms with van der Waals surface area (Å²) in [5, 5.41) is 12.1.